The van der Waals surface area contributed by atoms with Crippen LogP contribution >= 0.6 is 11.6 Å². The van der Waals surface area contributed by atoms with Gasteiger partial charge in [-0.3, -0.25) is 4.79 Å². The highest BCUT2D eigenvalue weighted by atomic mass is 35.5. The maximum absolute atomic E-state index is 13.2. The largest absolute Gasteiger partial charge is 0.397 e. The predicted molar refractivity (Wildman–Crippen MR) is 104 cm³/mol. The average Bonchev–Trinajstić information content (AvgIpc) is 2.65. The number of benzene rings is 3. The summed E-state index contributed by atoms with van der Waals surface area (Å²) >= 11 is 5.76. The number of anilines is 3. The van der Waals surface area contributed by atoms with Crippen LogP contribution in [0.4, 0.5) is 21.5 Å². The van der Waals surface area contributed by atoms with E-state index in [0.717, 1.165) is 11.3 Å². The van der Waals surface area contributed by atoms with E-state index in [1.807, 2.05) is 18.2 Å². The van der Waals surface area contributed by atoms with Crippen LogP contribution in [0.5, 0.6) is 0 Å². The summed E-state index contributed by atoms with van der Waals surface area (Å²) in [6, 6.07) is 18.7. The second-order valence-electron chi connectivity index (χ2n) is 5.72. The normalized spacial score (nSPS) is 10.4. The zero-order valence-electron chi connectivity index (χ0n) is 13.8. The maximum atomic E-state index is 13.2. The topological polar surface area (TPSA) is 67.1 Å². The fourth-order valence-electron chi connectivity index (χ4n) is 2.39. The van der Waals surface area contributed by atoms with E-state index in [-0.39, 0.29) is 10.9 Å². The molecule has 0 unspecified atom stereocenters. The molecule has 0 atom stereocenters. The molecule has 0 bridgehead atoms. The van der Waals surface area contributed by atoms with Crippen LogP contribution in [0.1, 0.15) is 15.9 Å². The number of rotatable bonds is 5. The highest BCUT2D eigenvalue weighted by Gasteiger charge is 2.08. The molecule has 0 aliphatic carbocycles. The second kappa shape index (κ2) is 7.89. The molecular weight excluding hydrogens is 353 g/mol. The van der Waals surface area contributed by atoms with Gasteiger partial charge < -0.3 is 16.4 Å². The molecule has 0 aliphatic rings. The van der Waals surface area contributed by atoms with Gasteiger partial charge in [0.25, 0.3) is 5.91 Å². The van der Waals surface area contributed by atoms with Crippen molar-refractivity contribution in [1.29, 1.82) is 0 Å². The summed E-state index contributed by atoms with van der Waals surface area (Å²) in [5.74, 6) is -0.681. The molecule has 1 amide bonds. The third-order valence-corrected chi connectivity index (χ3v) is 4.13. The monoisotopic (exact) mass is 369 g/mol. The van der Waals surface area contributed by atoms with E-state index < -0.39 is 5.82 Å². The van der Waals surface area contributed by atoms with Crippen molar-refractivity contribution in [2.75, 3.05) is 16.4 Å². The Morgan fingerprint density at radius 3 is 2.46 bits per heavy atom. The fourth-order valence-corrected chi connectivity index (χ4v) is 2.57. The molecule has 3 rings (SSSR count). The fraction of sp³-hybridized carbons (Fsp3) is 0.0500. The number of carbonyl (C=O) groups is 1. The number of halogens is 2. The maximum Gasteiger partial charge on any atom is 0.255 e. The van der Waals surface area contributed by atoms with E-state index in [1.54, 1.807) is 36.4 Å². The molecule has 6 heteroatoms. The van der Waals surface area contributed by atoms with Gasteiger partial charge >= 0.3 is 0 Å². The number of amides is 1. The average molecular weight is 370 g/mol. The predicted octanol–water partition coefficient (Wildman–Crippen LogP) is 4.93. The number of hydrogen-bond acceptors (Lipinski definition) is 3. The summed E-state index contributed by atoms with van der Waals surface area (Å²) in [4.78, 5) is 12.3. The lowest BCUT2D eigenvalue weighted by molar-refractivity contribution is 0.102. The molecule has 0 fully saturated rings. The summed E-state index contributed by atoms with van der Waals surface area (Å²) in [7, 11) is 0. The van der Waals surface area contributed by atoms with Crippen LogP contribution < -0.4 is 16.4 Å². The SMILES string of the molecule is Nc1ccccc1NC(=O)c1ccc(CNc2ccc(F)c(Cl)c2)cc1. The van der Waals surface area contributed by atoms with Crippen molar-refractivity contribution >= 4 is 34.6 Å². The lowest BCUT2D eigenvalue weighted by Crippen LogP contribution is -2.13. The van der Waals surface area contributed by atoms with E-state index in [2.05, 4.69) is 10.6 Å². The van der Waals surface area contributed by atoms with Crippen LogP contribution in [0.2, 0.25) is 5.02 Å². The molecule has 132 valence electrons. The van der Waals surface area contributed by atoms with Crippen LogP contribution in [0.15, 0.2) is 66.7 Å². The lowest BCUT2D eigenvalue weighted by Gasteiger charge is -2.10. The number of nitrogen functional groups attached to an aromatic ring is 1. The quantitative estimate of drug-likeness (QED) is 0.559. The zero-order valence-corrected chi connectivity index (χ0v) is 14.6. The molecule has 3 aromatic rings. The zero-order chi connectivity index (χ0) is 18.5. The van der Waals surface area contributed by atoms with Crippen LogP contribution in [-0.2, 0) is 6.54 Å². The molecule has 4 nitrogen and oxygen atoms in total. The van der Waals surface area contributed by atoms with Crippen molar-refractivity contribution < 1.29 is 9.18 Å². The number of carbonyl (C=O) groups excluding carboxylic acids is 1. The molecule has 26 heavy (non-hydrogen) atoms. The first kappa shape index (κ1) is 17.8. The molecule has 3 aromatic carbocycles. The van der Waals surface area contributed by atoms with Crippen LogP contribution in [0.25, 0.3) is 0 Å². The molecule has 0 radical (unpaired) electrons. The molecule has 0 aromatic heterocycles. The first-order valence-corrected chi connectivity index (χ1v) is 8.34. The number of nitrogens with two attached hydrogens (primary N) is 1. The Bertz CT molecular complexity index is 929. The van der Waals surface area contributed by atoms with Gasteiger partial charge in [-0.1, -0.05) is 35.9 Å². The van der Waals surface area contributed by atoms with Gasteiger partial charge in [0.1, 0.15) is 5.82 Å². The lowest BCUT2D eigenvalue weighted by atomic mass is 10.1. The van der Waals surface area contributed by atoms with E-state index in [1.165, 1.54) is 12.1 Å². The molecule has 0 heterocycles. The van der Waals surface area contributed by atoms with Gasteiger partial charge in [-0.15, -0.1) is 0 Å². The first-order valence-electron chi connectivity index (χ1n) is 7.96. The van der Waals surface area contributed by atoms with E-state index >= 15 is 0 Å². The standard InChI is InChI=1S/C20H17ClFN3O/c21-16-11-15(9-10-17(16)22)24-12-13-5-7-14(8-6-13)20(26)25-19-4-2-1-3-18(19)23/h1-11,24H,12,23H2,(H,25,26). The molecule has 0 saturated carbocycles. The Labute approximate surface area is 155 Å². The smallest absolute Gasteiger partial charge is 0.255 e. The van der Waals surface area contributed by atoms with Gasteiger partial charge in [-0.05, 0) is 48.0 Å². The third kappa shape index (κ3) is 4.32. The number of para-hydroxylation sites is 2. The molecule has 0 saturated heterocycles. The summed E-state index contributed by atoms with van der Waals surface area (Å²) < 4.78 is 13.2. The van der Waals surface area contributed by atoms with Crippen LogP contribution in [0, 0.1) is 5.82 Å². The molecule has 4 N–H and O–H groups in total. The van der Waals surface area contributed by atoms with Gasteiger partial charge in [-0.2, -0.15) is 0 Å². The Hall–Kier alpha value is -3.05. The second-order valence-corrected chi connectivity index (χ2v) is 6.13. The Morgan fingerprint density at radius 2 is 1.77 bits per heavy atom. The number of hydrogen-bond donors (Lipinski definition) is 3. The Morgan fingerprint density at radius 1 is 1.04 bits per heavy atom. The van der Waals surface area contributed by atoms with E-state index in [0.29, 0.717) is 23.5 Å². The van der Waals surface area contributed by atoms with Crippen molar-refractivity contribution in [2.24, 2.45) is 0 Å². The summed E-state index contributed by atoms with van der Waals surface area (Å²) in [6.45, 7) is 0.523. The highest BCUT2D eigenvalue weighted by molar-refractivity contribution is 6.31. The summed E-state index contributed by atoms with van der Waals surface area (Å²) in [6.07, 6.45) is 0. The summed E-state index contributed by atoms with van der Waals surface area (Å²) in [5, 5.41) is 6.01. The van der Waals surface area contributed by atoms with Gasteiger partial charge in [-0.25, -0.2) is 4.39 Å². The van der Waals surface area contributed by atoms with Gasteiger partial charge in [0.2, 0.25) is 0 Å². The van der Waals surface area contributed by atoms with Crippen molar-refractivity contribution in [3.63, 3.8) is 0 Å². The summed E-state index contributed by atoms with van der Waals surface area (Å²) in [5.41, 5.74) is 9.15. The van der Waals surface area contributed by atoms with Gasteiger partial charge in [0.15, 0.2) is 0 Å². The van der Waals surface area contributed by atoms with Crippen LogP contribution in [0.3, 0.4) is 0 Å². The van der Waals surface area contributed by atoms with Crippen molar-refractivity contribution in [3.8, 4) is 0 Å². The van der Waals surface area contributed by atoms with E-state index in [4.69, 9.17) is 17.3 Å². The van der Waals surface area contributed by atoms with Gasteiger partial charge in [0.05, 0.1) is 16.4 Å². The molecular formula is C20H17ClFN3O. The highest BCUT2D eigenvalue weighted by Crippen LogP contribution is 2.20. The van der Waals surface area contributed by atoms with E-state index in [9.17, 15) is 9.18 Å². The van der Waals surface area contributed by atoms with Crippen molar-refractivity contribution in [2.45, 2.75) is 6.54 Å². The van der Waals surface area contributed by atoms with Crippen molar-refractivity contribution in [3.05, 3.63) is 88.7 Å². The minimum absolute atomic E-state index is 0.0715. The number of nitrogens with one attached hydrogen (secondary N) is 2. The molecule has 0 spiro atoms. The minimum Gasteiger partial charge on any atom is -0.397 e. The third-order valence-electron chi connectivity index (χ3n) is 3.84. The Balaban J connectivity index is 1.61. The Kier molecular flexibility index (Phi) is 5.39. The van der Waals surface area contributed by atoms with Crippen LogP contribution in [-0.4, -0.2) is 5.91 Å². The minimum atomic E-state index is -0.452. The molecule has 0 aliphatic heterocycles. The van der Waals surface area contributed by atoms with Crippen molar-refractivity contribution in [1.82, 2.24) is 0 Å². The van der Waals surface area contributed by atoms with Gasteiger partial charge in [0, 0.05) is 17.8 Å². The first-order chi connectivity index (χ1) is 12.5.